The molecule has 116 heavy (non-hydrogen) atoms. The Kier molecular flexibility index (Phi) is 38.4. The number of halogens is 47. The summed E-state index contributed by atoms with van der Waals surface area (Å²) >= 11 is 14.4. The zero-order chi connectivity index (χ0) is 92.4. The van der Waals surface area contributed by atoms with Crippen LogP contribution in [0, 0.1) is 0 Å². The standard InChI is InChI=1S/C27H22F22N2O5.C20H17F22NO4.C7H5NO.CHCl3/c28-18(29,11-20(32,33)22(36,37)24(40,41)26(44,45)46)6-8-55-15(52)10-14(51-17(54)50-13-4-2-1-3-5-13)16(53)56-9-7-19(30,31)12-21(34,35)23(38,39)25(42,43)27(47,48)49;21-11(22,6-13(25,26)15(29,30)17(33,34)19(37,38)39)1-3-46-9(44)5-8(43)10(45)47-4-2-12(23,24)7-14(27,28)16(31,32)18(35,36)20(40,41)42;9-6-8-7-4-2-1-3-5-7;2-1(3)4/h1-5,14H,6-12H2,(H2,50,51,54);8H,1-7,43H2;1-5H;1H. The van der Waals surface area contributed by atoms with E-state index in [1.165, 1.54) is 36.4 Å². The van der Waals surface area contributed by atoms with Gasteiger partial charge in [0.2, 0.25) is 6.08 Å². The van der Waals surface area contributed by atoms with E-state index in [4.69, 9.17) is 40.5 Å². The van der Waals surface area contributed by atoms with E-state index >= 15 is 0 Å². The fraction of sp³-hybridized carbons (Fsp3) is 0.673. The third kappa shape index (κ3) is 31.1. The van der Waals surface area contributed by atoms with Gasteiger partial charge in [-0.1, -0.05) is 71.2 Å². The minimum Gasteiger partial charge on any atom is -0.465 e. The Morgan fingerprint density at radius 3 is 0.862 bits per heavy atom. The molecule has 0 aromatic heterocycles. The van der Waals surface area contributed by atoms with E-state index < -0.39 is 256 Å². The van der Waals surface area contributed by atoms with Gasteiger partial charge >= 0.3 is 126 Å². The van der Waals surface area contributed by atoms with Crippen LogP contribution in [0.1, 0.15) is 64.2 Å². The number of amides is 2. The van der Waals surface area contributed by atoms with Gasteiger partial charge in [0.1, 0.15) is 12.1 Å². The van der Waals surface area contributed by atoms with Gasteiger partial charge in [-0.25, -0.2) is 49.5 Å². The van der Waals surface area contributed by atoms with Crippen LogP contribution in [-0.2, 0) is 42.9 Å². The smallest absolute Gasteiger partial charge is 0.460 e. The highest BCUT2D eigenvalue weighted by atomic mass is 35.6. The van der Waals surface area contributed by atoms with Crippen molar-refractivity contribution < 1.29 is 241 Å². The molecule has 2 unspecified atom stereocenters. The van der Waals surface area contributed by atoms with Crippen molar-refractivity contribution in [3.63, 3.8) is 0 Å². The maximum atomic E-state index is 14.0. The van der Waals surface area contributed by atoms with Gasteiger partial charge in [-0.05, 0) is 24.3 Å². The fourth-order valence-electron chi connectivity index (χ4n) is 7.31. The summed E-state index contributed by atoms with van der Waals surface area (Å²) in [6.45, 7) is -7.40. The summed E-state index contributed by atoms with van der Waals surface area (Å²) in [5, 5.41) is 3.58. The first-order chi connectivity index (χ1) is 51.3. The number of hydrogen-bond acceptors (Lipinski definition) is 12. The molecule has 2 atom stereocenters. The zero-order valence-corrected chi connectivity index (χ0v) is 57.5. The lowest BCUT2D eigenvalue weighted by atomic mass is 9.97. The molecule has 0 aliphatic rings. The summed E-state index contributed by atoms with van der Waals surface area (Å²) in [5.41, 5.74) is 5.57. The monoisotopic (exact) mass is 1860 g/mol. The average Bonchev–Trinajstić information content (AvgIpc) is 0.758. The van der Waals surface area contributed by atoms with Gasteiger partial charge in [0.15, 0.2) is 4.30 Å². The second-order valence-corrected chi connectivity index (χ2v) is 24.6. The van der Waals surface area contributed by atoms with Crippen LogP contribution in [0.15, 0.2) is 65.7 Å². The SMILES string of the molecule is ClC(Cl)Cl.NC(CC(=O)OCCC(F)(F)CC(F)(F)C(F)(F)C(F)(F)C(F)(F)F)C(=O)OCCC(F)(F)CC(F)(F)C(F)(F)C(F)(F)C(F)(F)F.O=C(Nc1ccccc1)NC(CC(=O)OCCC(F)(F)CC(F)(F)C(F)(F)C(F)(F)C(F)(F)F)C(=O)OCCC(F)(F)CC(F)(F)C(F)(F)C(F)(F)C(F)(F)F.O=C=Nc1ccccc1. The van der Waals surface area contributed by atoms with Gasteiger partial charge in [0.25, 0.3) is 23.7 Å². The van der Waals surface area contributed by atoms with E-state index in [-0.39, 0.29) is 5.69 Å². The van der Waals surface area contributed by atoms with E-state index in [0.717, 1.165) is 0 Å². The summed E-state index contributed by atoms with van der Waals surface area (Å²) in [6, 6.07) is 8.94. The zero-order valence-electron chi connectivity index (χ0n) is 55.3. The lowest BCUT2D eigenvalue weighted by Gasteiger charge is -2.35. The molecule has 0 heterocycles. The van der Waals surface area contributed by atoms with Gasteiger partial charge in [-0.3, -0.25) is 14.4 Å². The topological polar surface area (TPSA) is 202 Å². The molecule has 2 aromatic carbocycles. The molecule has 0 spiro atoms. The van der Waals surface area contributed by atoms with Crippen molar-refractivity contribution in [2.24, 2.45) is 10.7 Å². The van der Waals surface area contributed by atoms with Gasteiger partial charge in [0, 0.05) is 31.4 Å². The number of nitrogens with zero attached hydrogens (tertiary/aromatic N) is 1. The van der Waals surface area contributed by atoms with Crippen molar-refractivity contribution in [2.75, 3.05) is 31.7 Å². The number of urea groups is 1. The molecule has 0 fully saturated rings. The van der Waals surface area contributed by atoms with Gasteiger partial charge in [-0.15, -0.1) is 0 Å². The minimum atomic E-state index is -7.54. The Labute approximate surface area is 630 Å². The first kappa shape index (κ1) is 111. The fourth-order valence-corrected chi connectivity index (χ4v) is 7.31. The second-order valence-electron chi connectivity index (χ2n) is 22.6. The van der Waals surface area contributed by atoms with Crippen molar-refractivity contribution in [2.45, 2.75) is 200 Å². The van der Waals surface area contributed by atoms with E-state index in [1.54, 1.807) is 17.4 Å². The van der Waals surface area contributed by atoms with Crippen LogP contribution < -0.4 is 16.4 Å². The number of carbonyl (C=O) groups is 5. The Balaban J connectivity index is 0. The highest BCUT2D eigenvalue weighted by Gasteiger charge is 2.86. The van der Waals surface area contributed by atoms with Crippen LogP contribution in [0.2, 0.25) is 0 Å². The number of ether oxygens (including phenoxy) is 4. The molecule has 0 bridgehead atoms. The van der Waals surface area contributed by atoms with Crippen molar-refractivity contribution >= 4 is 82.2 Å². The van der Waals surface area contributed by atoms with Crippen LogP contribution in [0.25, 0.3) is 0 Å². The number of anilines is 1. The predicted octanol–water partition coefficient (Wildman–Crippen LogP) is 20.6. The van der Waals surface area contributed by atoms with E-state index in [2.05, 4.69) is 23.9 Å². The molecule has 0 aliphatic heterocycles. The number of esters is 4. The number of carbonyl (C=O) groups excluding carboxylic acids is 6. The average molecular weight is 1860 g/mol. The first-order valence-electron chi connectivity index (χ1n) is 29.1. The van der Waals surface area contributed by atoms with Crippen LogP contribution >= 0.6 is 34.8 Å². The number of nitrogens with one attached hydrogen (secondary N) is 2. The molecule has 61 heteroatoms. The molecule has 0 saturated carbocycles. The van der Waals surface area contributed by atoms with E-state index in [9.17, 15) is 222 Å². The molecule has 674 valence electrons. The number of benzene rings is 2. The van der Waals surface area contributed by atoms with E-state index in [1.807, 2.05) is 23.5 Å². The third-order valence-corrected chi connectivity index (χ3v) is 13.3. The number of aliphatic imine (C=N–C) groups is 1. The van der Waals surface area contributed by atoms with Crippen molar-refractivity contribution in [3.8, 4) is 0 Å². The number of rotatable bonds is 37. The van der Waals surface area contributed by atoms with Crippen LogP contribution in [0.4, 0.5) is 209 Å². The lowest BCUT2D eigenvalue weighted by Crippen LogP contribution is -2.61. The Morgan fingerprint density at radius 1 is 0.362 bits per heavy atom. The minimum absolute atomic E-state index is 0.0919. The number of isocyanates is 1. The molecular formula is C55H45Cl3F44N4O10. The predicted molar refractivity (Wildman–Crippen MR) is 299 cm³/mol. The summed E-state index contributed by atoms with van der Waals surface area (Å²) in [5.74, 6) is -116. The highest BCUT2D eigenvalue weighted by molar-refractivity contribution is 6.63. The van der Waals surface area contributed by atoms with Gasteiger partial charge in [0.05, 0.1) is 70.6 Å². The van der Waals surface area contributed by atoms with Crippen molar-refractivity contribution in [1.29, 1.82) is 0 Å². The molecule has 2 aromatic rings. The first-order valence-corrected chi connectivity index (χ1v) is 30.5. The summed E-state index contributed by atoms with van der Waals surface area (Å²) < 4.78 is 589. The normalized spacial score (nSPS) is 14.5. The Morgan fingerprint density at radius 2 is 0.603 bits per heavy atom. The summed E-state index contributed by atoms with van der Waals surface area (Å²) in [4.78, 5) is 73.0. The number of para-hydroxylation sites is 2. The van der Waals surface area contributed by atoms with Crippen LogP contribution in [0.5, 0.6) is 0 Å². The maximum Gasteiger partial charge on any atom is 0.460 e. The molecule has 14 nitrogen and oxygen atoms in total. The van der Waals surface area contributed by atoms with Crippen LogP contribution in [0.3, 0.4) is 0 Å². The molecule has 2 rings (SSSR count). The molecule has 0 saturated heterocycles. The molecular weight excluding hydrogens is 1820 g/mol. The quantitative estimate of drug-likeness (QED) is 0.0145. The maximum absolute atomic E-state index is 14.0. The summed E-state index contributed by atoms with van der Waals surface area (Å²) in [7, 11) is 0. The van der Waals surface area contributed by atoms with Gasteiger partial charge < -0.3 is 35.3 Å². The van der Waals surface area contributed by atoms with Crippen molar-refractivity contribution in [1.82, 2.24) is 5.32 Å². The van der Waals surface area contributed by atoms with E-state index in [0.29, 0.717) is 5.69 Å². The number of alkyl halides is 47. The van der Waals surface area contributed by atoms with Crippen LogP contribution in [-0.4, -0.2) is 198 Å². The summed E-state index contributed by atoms with van der Waals surface area (Å²) in [6.07, 6.45) is -54.9. The third-order valence-electron chi connectivity index (χ3n) is 13.3. The molecule has 0 aliphatic carbocycles. The van der Waals surface area contributed by atoms with Crippen molar-refractivity contribution in [3.05, 3.63) is 60.7 Å². The lowest BCUT2D eigenvalue weighted by molar-refractivity contribution is -0.401. The molecule has 4 N–H and O–H groups in total. The largest absolute Gasteiger partial charge is 0.465 e. The second kappa shape index (κ2) is 40.2. The van der Waals surface area contributed by atoms with Gasteiger partial charge in [-0.2, -0.15) is 163 Å². The number of nitrogens with two attached hydrogens (primary N) is 1. The molecule has 0 radical (unpaired) electrons. The Hall–Kier alpha value is -7.28. The number of hydrogen-bond donors (Lipinski definition) is 3. The highest BCUT2D eigenvalue weighted by Crippen LogP contribution is 2.60. The Bertz CT molecular complexity index is 3500. The molecule has 2 amide bonds.